The van der Waals surface area contributed by atoms with E-state index >= 15 is 0 Å². The summed E-state index contributed by atoms with van der Waals surface area (Å²) in [4.78, 5) is 26.4. The molecular weight excluding hydrogens is 303 g/mol. The predicted octanol–water partition coefficient (Wildman–Crippen LogP) is 2.61. The van der Waals surface area contributed by atoms with E-state index in [1.165, 1.54) is 18.2 Å². The highest BCUT2D eigenvalue weighted by Gasteiger charge is 2.39. The van der Waals surface area contributed by atoms with Gasteiger partial charge in [0.2, 0.25) is 5.91 Å². The van der Waals surface area contributed by atoms with Gasteiger partial charge in [0.15, 0.2) is 0 Å². The maximum atomic E-state index is 13.6. The Kier molecular flexibility index (Phi) is 4.38. The Balaban J connectivity index is 1.80. The van der Waals surface area contributed by atoms with Gasteiger partial charge in [0, 0.05) is 30.5 Å². The van der Waals surface area contributed by atoms with Crippen molar-refractivity contribution in [2.75, 3.05) is 29.9 Å². The number of carbonyl (C=O) groups excluding carboxylic acids is 2. The summed E-state index contributed by atoms with van der Waals surface area (Å²) in [7, 11) is 0. The molecule has 1 aliphatic carbocycles. The van der Waals surface area contributed by atoms with Crippen LogP contribution in [0.25, 0.3) is 0 Å². The molecule has 1 saturated carbocycles. The number of rotatable bonds is 3. The van der Waals surface area contributed by atoms with Crippen LogP contribution in [0.1, 0.15) is 23.7 Å². The number of benzene rings is 1. The second kappa shape index (κ2) is 6.28. The van der Waals surface area contributed by atoms with Gasteiger partial charge in [-0.05, 0) is 30.5 Å². The second-order valence-electron chi connectivity index (χ2n) is 5.90. The zero-order valence-electron chi connectivity index (χ0n) is 12.5. The first-order chi connectivity index (χ1) is 10.6. The summed E-state index contributed by atoms with van der Waals surface area (Å²) in [5.74, 6) is 1.43. The standard InChI is InChI=1S/C16H19FN2O2S/c1-10-8-12(10)15(20)18-14-3-2-11(17)9-13(14)16(21)19-4-6-22-7-5-19/h2-3,9-10,12H,4-8H2,1H3,(H,18,20)/t10-,12-/m1/s1. The van der Waals surface area contributed by atoms with Crippen LogP contribution in [-0.4, -0.2) is 41.3 Å². The highest BCUT2D eigenvalue weighted by Crippen LogP contribution is 2.38. The van der Waals surface area contributed by atoms with Gasteiger partial charge in [0.05, 0.1) is 11.3 Å². The summed E-state index contributed by atoms with van der Waals surface area (Å²) in [6.07, 6.45) is 0.875. The minimum atomic E-state index is -0.465. The van der Waals surface area contributed by atoms with Gasteiger partial charge in [0.25, 0.3) is 5.91 Å². The Labute approximate surface area is 133 Å². The molecule has 1 N–H and O–H groups in total. The first kappa shape index (κ1) is 15.3. The topological polar surface area (TPSA) is 49.4 Å². The normalized spacial score (nSPS) is 24.0. The molecule has 2 amide bonds. The van der Waals surface area contributed by atoms with E-state index in [-0.39, 0.29) is 23.3 Å². The molecule has 3 rings (SSSR count). The third-order valence-corrected chi connectivity index (χ3v) is 5.16. The summed E-state index contributed by atoms with van der Waals surface area (Å²) in [5.41, 5.74) is 0.655. The largest absolute Gasteiger partial charge is 0.337 e. The van der Waals surface area contributed by atoms with Gasteiger partial charge < -0.3 is 10.2 Å². The number of hydrogen-bond donors (Lipinski definition) is 1. The summed E-state index contributed by atoms with van der Waals surface area (Å²) in [5, 5.41) is 2.79. The average molecular weight is 322 g/mol. The van der Waals surface area contributed by atoms with E-state index in [2.05, 4.69) is 5.32 Å². The monoisotopic (exact) mass is 322 g/mol. The zero-order valence-corrected chi connectivity index (χ0v) is 13.3. The van der Waals surface area contributed by atoms with Gasteiger partial charge in [-0.25, -0.2) is 4.39 Å². The fourth-order valence-corrected chi connectivity index (χ4v) is 3.56. The van der Waals surface area contributed by atoms with Crippen LogP contribution in [0.15, 0.2) is 18.2 Å². The Bertz CT molecular complexity index is 602. The van der Waals surface area contributed by atoms with Crippen LogP contribution in [0.3, 0.4) is 0 Å². The van der Waals surface area contributed by atoms with Crippen molar-refractivity contribution < 1.29 is 14.0 Å². The van der Waals surface area contributed by atoms with Crippen molar-refractivity contribution in [2.24, 2.45) is 11.8 Å². The Morgan fingerprint density at radius 1 is 1.32 bits per heavy atom. The van der Waals surface area contributed by atoms with Gasteiger partial charge >= 0.3 is 0 Å². The van der Waals surface area contributed by atoms with E-state index in [9.17, 15) is 14.0 Å². The van der Waals surface area contributed by atoms with Crippen molar-refractivity contribution in [3.8, 4) is 0 Å². The van der Waals surface area contributed by atoms with E-state index in [1.54, 1.807) is 16.7 Å². The Morgan fingerprint density at radius 3 is 2.64 bits per heavy atom. The molecular formula is C16H19FN2O2S. The van der Waals surface area contributed by atoms with Crippen LogP contribution in [0.4, 0.5) is 10.1 Å². The van der Waals surface area contributed by atoms with E-state index in [0.717, 1.165) is 17.9 Å². The fraction of sp³-hybridized carbons (Fsp3) is 0.500. The molecule has 4 nitrogen and oxygen atoms in total. The molecule has 1 heterocycles. The maximum Gasteiger partial charge on any atom is 0.256 e. The molecule has 0 spiro atoms. The third kappa shape index (κ3) is 3.27. The number of halogens is 1. The third-order valence-electron chi connectivity index (χ3n) is 4.21. The molecule has 2 aliphatic rings. The quantitative estimate of drug-likeness (QED) is 0.930. The molecule has 0 aromatic heterocycles. The van der Waals surface area contributed by atoms with Crippen LogP contribution in [0.5, 0.6) is 0 Å². The van der Waals surface area contributed by atoms with Crippen molar-refractivity contribution in [3.63, 3.8) is 0 Å². The number of nitrogens with one attached hydrogen (secondary N) is 1. The minimum absolute atomic E-state index is 0.0133. The van der Waals surface area contributed by atoms with Crippen LogP contribution < -0.4 is 5.32 Å². The fourth-order valence-electron chi connectivity index (χ4n) is 2.65. The molecule has 2 atom stereocenters. The van der Waals surface area contributed by atoms with E-state index in [0.29, 0.717) is 24.7 Å². The van der Waals surface area contributed by atoms with Crippen molar-refractivity contribution >= 4 is 29.3 Å². The molecule has 0 bridgehead atoms. The first-order valence-corrected chi connectivity index (χ1v) is 8.69. The molecule has 1 aromatic carbocycles. The molecule has 0 radical (unpaired) electrons. The lowest BCUT2D eigenvalue weighted by molar-refractivity contribution is -0.117. The molecule has 118 valence electrons. The van der Waals surface area contributed by atoms with Crippen LogP contribution in [-0.2, 0) is 4.79 Å². The molecule has 0 unspecified atom stereocenters. The van der Waals surface area contributed by atoms with Gasteiger partial charge in [-0.15, -0.1) is 0 Å². The van der Waals surface area contributed by atoms with Gasteiger partial charge in [-0.1, -0.05) is 6.92 Å². The van der Waals surface area contributed by atoms with Gasteiger partial charge in [0.1, 0.15) is 5.82 Å². The van der Waals surface area contributed by atoms with Crippen molar-refractivity contribution in [3.05, 3.63) is 29.6 Å². The van der Waals surface area contributed by atoms with Crippen LogP contribution >= 0.6 is 11.8 Å². The summed E-state index contributed by atoms with van der Waals surface area (Å²) in [6, 6.07) is 3.97. The Hall–Kier alpha value is -1.56. The minimum Gasteiger partial charge on any atom is -0.337 e. The Morgan fingerprint density at radius 2 is 2.00 bits per heavy atom. The molecule has 6 heteroatoms. The van der Waals surface area contributed by atoms with Crippen LogP contribution in [0, 0.1) is 17.7 Å². The molecule has 2 fully saturated rings. The van der Waals surface area contributed by atoms with E-state index in [4.69, 9.17) is 0 Å². The van der Waals surface area contributed by atoms with E-state index in [1.807, 2.05) is 6.92 Å². The molecule has 1 aliphatic heterocycles. The van der Waals surface area contributed by atoms with E-state index < -0.39 is 5.82 Å². The van der Waals surface area contributed by atoms with Gasteiger partial charge in [-0.3, -0.25) is 9.59 Å². The van der Waals surface area contributed by atoms with Crippen molar-refractivity contribution in [2.45, 2.75) is 13.3 Å². The predicted molar refractivity (Wildman–Crippen MR) is 85.5 cm³/mol. The number of thioether (sulfide) groups is 1. The number of anilines is 1. The average Bonchev–Trinajstić information content (AvgIpc) is 3.26. The lowest BCUT2D eigenvalue weighted by Crippen LogP contribution is -2.38. The SMILES string of the molecule is C[C@@H]1C[C@H]1C(=O)Nc1ccc(F)cc1C(=O)N1CCSCC1. The number of nitrogens with zero attached hydrogens (tertiary/aromatic N) is 1. The smallest absolute Gasteiger partial charge is 0.256 e. The molecule has 1 saturated heterocycles. The summed E-state index contributed by atoms with van der Waals surface area (Å²) >= 11 is 1.80. The molecule has 1 aromatic rings. The number of amides is 2. The number of carbonyl (C=O) groups is 2. The van der Waals surface area contributed by atoms with Crippen molar-refractivity contribution in [1.29, 1.82) is 0 Å². The highest BCUT2D eigenvalue weighted by molar-refractivity contribution is 7.99. The summed E-state index contributed by atoms with van der Waals surface area (Å²) < 4.78 is 13.6. The maximum absolute atomic E-state index is 13.6. The lowest BCUT2D eigenvalue weighted by Gasteiger charge is -2.27. The zero-order chi connectivity index (χ0) is 15.7. The van der Waals surface area contributed by atoms with Crippen LogP contribution in [0.2, 0.25) is 0 Å². The van der Waals surface area contributed by atoms with Gasteiger partial charge in [-0.2, -0.15) is 11.8 Å². The number of hydrogen-bond acceptors (Lipinski definition) is 3. The van der Waals surface area contributed by atoms with Crippen molar-refractivity contribution in [1.82, 2.24) is 4.90 Å². The molecule has 22 heavy (non-hydrogen) atoms. The lowest BCUT2D eigenvalue weighted by atomic mass is 10.1. The summed E-state index contributed by atoms with van der Waals surface area (Å²) in [6.45, 7) is 3.34. The first-order valence-electron chi connectivity index (χ1n) is 7.53. The second-order valence-corrected chi connectivity index (χ2v) is 7.13. The highest BCUT2D eigenvalue weighted by atomic mass is 32.2.